The number of alkyl halides is 1. The van der Waals surface area contributed by atoms with Crippen LogP contribution in [0, 0.1) is 0 Å². The molecule has 0 spiro atoms. The molecule has 13 heavy (non-hydrogen) atoms. The van der Waals surface area contributed by atoms with Crippen LogP contribution in [0.5, 0.6) is 0 Å². The van der Waals surface area contributed by atoms with Gasteiger partial charge in [0.15, 0.2) is 0 Å². The van der Waals surface area contributed by atoms with E-state index < -0.39 is 6.67 Å². The second-order valence-electron chi connectivity index (χ2n) is 3.31. The fraction of sp³-hybridized carbons (Fsp3) is 0.667. The molecule has 1 atom stereocenters. The number of hydrogen-bond donors (Lipinski definition) is 1. The summed E-state index contributed by atoms with van der Waals surface area (Å²) in [7, 11) is 0. The van der Waals surface area contributed by atoms with Crippen molar-refractivity contribution in [3.05, 3.63) is 16.1 Å². The lowest BCUT2D eigenvalue weighted by molar-refractivity contribution is 0.408. The largest absolute Gasteiger partial charge is 0.308 e. The number of hydrogen-bond acceptors (Lipinski definition) is 3. The van der Waals surface area contributed by atoms with Gasteiger partial charge in [-0.2, -0.15) is 0 Å². The van der Waals surface area contributed by atoms with Crippen molar-refractivity contribution in [1.82, 2.24) is 10.3 Å². The van der Waals surface area contributed by atoms with Crippen molar-refractivity contribution in [1.29, 1.82) is 0 Å². The highest BCUT2D eigenvalue weighted by molar-refractivity contribution is 7.09. The van der Waals surface area contributed by atoms with E-state index in [0.717, 1.165) is 18.0 Å². The second kappa shape index (κ2) is 4.15. The lowest BCUT2D eigenvalue weighted by atomic mass is 10.1. The highest BCUT2D eigenvalue weighted by atomic mass is 32.1. The van der Waals surface area contributed by atoms with Gasteiger partial charge in [0.2, 0.25) is 0 Å². The van der Waals surface area contributed by atoms with Crippen molar-refractivity contribution < 1.29 is 4.39 Å². The minimum absolute atomic E-state index is 0.374. The van der Waals surface area contributed by atoms with Gasteiger partial charge in [-0.05, 0) is 19.4 Å². The van der Waals surface area contributed by atoms with Crippen LogP contribution in [-0.4, -0.2) is 11.5 Å². The summed E-state index contributed by atoms with van der Waals surface area (Å²) in [5.41, 5.74) is 0.576. The number of nitrogens with one attached hydrogen (secondary N) is 1. The fourth-order valence-corrected chi connectivity index (χ4v) is 2.51. The smallest absolute Gasteiger partial charge is 0.132 e. The topological polar surface area (TPSA) is 24.9 Å². The van der Waals surface area contributed by atoms with Gasteiger partial charge < -0.3 is 5.32 Å². The number of rotatable bonds is 2. The van der Waals surface area contributed by atoms with Gasteiger partial charge >= 0.3 is 0 Å². The average molecular weight is 200 g/mol. The maximum absolute atomic E-state index is 12.2. The third kappa shape index (κ3) is 2.06. The number of halogens is 1. The van der Waals surface area contributed by atoms with Crippen molar-refractivity contribution in [2.45, 2.75) is 32.0 Å². The molecule has 4 heteroatoms. The molecule has 2 rings (SSSR count). The number of piperidine rings is 1. The summed E-state index contributed by atoms with van der Waals surface area (Å²) in [6, 6.07) is 0.374. The summed E-state index contributed by atoms with van der Waals surface area (Å²) >= 11 is 1.57. The maximum Gasteiger partial charge on any atom is 0.132 e. The molecule has 2 heterocycles. The van der Waals surface area contributed by atoms with E-state index in [1.807, 2.05) is 5.38 Å². The summed E-state index contributed by atoms with van der Waals surface area (Å²) in [6.07, 6.45) is 3.64. The lowest BCUT2D eigenvalue weighted by Crippen LogP contribution is -2.26. The minimum atomic E-state index is -0.441. The van der Waals surface area contributed by atoms with Gasteiger partial charge in [0.1, 0.15) is 11.7 Å². The summed E-state index contributed by atoms with van der Waals surface area (Å²) in [5.74, 6) is 0. The Morgan fingerprint density at radius 2 is 2.54 bits per heavy atom. The summed E-state index contributed by atoms with van der Waals surface area (Å²) in [6.45, 7) is 0.623. The first-order chi connectivity index (χ1) is 6.40. The van der Waals surface area contributed by atoms with Crippen molar-refractivity contribution in [3.8, 4) is 0 Å². The average Bonchev–Trinajstić information content (AvgIpc) is 2.67. The quantitative estimate of drug-likeness (QED) is 0.793. The first-order valence-corrected chi connectivity index (χ1v) is 5.52. The first kappa shape index (κ1) is 9.09. The Morgan fingerprint density at radius 3 is 3.15 bits per heavy atom. The van der Waals surface area contributed by atoms with Gasteiger partial charge in [-0.3, -0.25) is 0 Å². The van der Waals surface area contributed by atoms with E-state index >= 15 is 0 Å². The van der Waals surface area contributed by atoms with Gasteiger partial charge in [0, 0.05) is 5.38 Å². The molecule has 1 aliphatic rings. The van der Waals surface area contributed by atoms with E-state index in [4.69, 9.17) is 0 Å². The Labute approximate surface area is 81.2 Å². The van der Waals surface area contributed by atoms with Crippen LogP contribution >= 0.6 is 11.3 Å². The highest BCUT2D eigenvalue weighted by Crippen LogP contribution is 2.25. The molecule has 0 bridgehead atoms. The molecule has 1 saturated heterocycles. The lowest BCUT2D eigenvalue weighted by Gasteiger charge is -2.21. The van der Waals surface area contributed by atoms with Crippen LogP contribution in [0.4, 0.5) is 4.39 Å². The van der Waals surface area contributed by atoms with Gasteiger partial charge in [-0.25, -0.2) is 9.37 Å². The summed E-state index contributed by atoms with van der Waals surface area (Å²) < 4.78 is 12.2. The number of nitrogens with zero attached hydrogens (tertiary/aromatic N) is 1. The zero-order chi connectivity index (χ0) is 9.10. The van der Waals surface area contributed by atoms with Crippen LogP contribution in [0.25, 0.3) is 0 Å². The minimum Gasteiger partial charge on any atom is -0.308 e. The summed E-state index contributed by atoms with van der Waals surface area (Å²) in [5, 5.41) is 6.26. The standard InChI is InChI=1S/C9H13FN2S/c10-5-7-6-13-9(12-7)8-3-1-2-4-11-8/h6,8,11H,1-5H2. The predicted octanol–water partition coefficient (Wildman–Crippen LogP) is 2.43. The molecular formula is C9H13FN2S. The fourth-order valence-electron chi connectivity index (χ4n) is 1.61. The van der Waals surface area contributed by atoms with Crippen LogP contribution < -0.4 is 5.32 Å². The molecule has 1 aromatic heterocycles. The molecule has 0 saturated carbocycles. The van der Waals surface area contributed by atoms with Crippen LogP contribution in [0.1, 0.15) is 36.0 Å². The van der Waals surface area contributed by atoms with Crippen LogP contribution in [0.3, 0.4) is 0 Å². The normalized spacial score (nSPS) is 23.3. The Balaban J connectivity index is 2.05. The van der Waals surface area contributed by atoms with Crippen molar-refractivity contribution >= 4 is 11.3 Å². The zero-order valence-corrected chi connectivity index (χ0v) is 8.24. The highest BCUT2D eigenvalue weighted by Gasteiger charge is 2.17. The number of aromatic nitrogens is 1. The van der Waals surface area contributed by atoms with Crippen LogP contribution in [0.15, 0.2) is 5.38 Å². The van der Waals surface area contributed by atoms with Gasteiger partial charge in [0.25, 0.3) is 0 Å². The van der Waals surface area contributed by atoms with E-state index in [9.17, 15) is 4.39 Å². The molecule has 0 radical (unpaired) electrons. The van der Waals surface area contributed by atoms with Crippen molar-refractivity contribution in [2.75, 3.05) is 6.54 Å². The molecule has 1 aliphatic heterocycles. The molecule has 72 valence electrons. The SMILES string of the molecule is FCc1csc(C2CCCCN2)n1. The van der Waals surface area contributed by atoms with E-state index in [2.05, 4.69) is 10.3 Å². The Morgan fingerprint density at radius 1 is 1.62 bits per heavy atom. The third-order valence-corrected chi connectivity index (χ3v) is 3.32. The first-order valence-electron chi connectivity index (χ1n) is 4.64. The molecule has 0 amide bonds. The van der Waals surface area contributed by atoms with Gasteiger partial charge in [-0.15, -0.1) is 11.3 Å². The third-order valence-electron chi connectivity index (χ3n) is 2.31. The molecule has 2 nitrogen and oxygen atoms in total. The van der Waals surface area contributed by atoms with Crippen LogP contribution in [-0.2, 0) is 6.67 Å². The maximum atomic E-state index is 12.2. The molecule has 1 unspecified atom stereocenters. The van der Waals surface area contributed by atoms with E-state index in [-0.39, 0.29) is 0 Å². The predicted molar refractivity (Wildman–Crippen MR) is 51.5 cm³/mol. The monoisotopic (exact) mass is 200 g/mol. The molecule has 0 aliphatic carbocycles. The zero-order valence-electron chi connectivity index (χ0n) is 7.42. The molecule has 0 aromatic carbocycles. The van der Waals surface area contributed by atoms with Gasteiger partial charge in [-0.1, -0.05) is 6.42 Å². The van der Waals surface area contributed by atoms with E-state index in [0.29, 0.717) is 11.7 Å². The van der Waals surface area contributed by atoms with Crippen molar-refractivity contribution in [2.24, 2.45) is 0 Å². The number of thiazole rings is 1. The van der Waals surface area contributed by atoms with E-state index in [1.54, 1.807) is 11.3 Å². The van der Waals surface area contributed by atoms with E-state index in [1.165, 1.54) is 12.8 Å². The molecular weight excluding hydrogens is 187 g/mol. The Bertz CT molecular complexity index is 268. The molecule has 1 aromatic rings. The molecule has 1 N–H and O–H groups in total. The second-order valence-corrected chi connectivity index (χ2v) is 4.20. The van der Waals surface area contributed by atoms with Gasteiger partial charge in [0.05, 0.1) is 11.7 Å². The summed E-state index contributed by atoms with van der Waals surface area (Å²) in [4.78, 5) is 4.23. The van der Waals surface area contributed by atoms with Crippen LogP contribution in [0.2, 0.25) is 0 Å². The molecule has 1 fully saturated rings. The Hall–Kier alpha value is -0.480. The van der Waals surface area contributed by atoms with Crippen molar-refractivity contribution in [3.63, 3.8) is 0 Å². The Kier molecular flexibility index (Phi) is 2.90.